The molecule has 14 heavy (non-hydrogen) atoms. The SMILES string of the molecule is CCCC(CCC)(CC(=O)O)NCC. The molecule has 0 aromatic carbocycles. The van der Waals surface area contributed by atoms with Crippen molar-refractivity contribution in [3.63, 3.8) is 0 Å². The van der Waals surface area contributed by atoms with E-state index in [2.05, 4.69) is 19.2 Å². The minimum atomic E-state index is -0.701. The number of hydrogen-bond donors (Lipinski definition) is 2. The molecule has 2 N–H and O–H groups in total. The zero-order valence-electron chi connectivity index (χ0n) is 9.60. The topological polar surface area (TPSA) is 49.3 Å². The normalized spacial score (nSPS) is 11.6. The molecule has 0 fully saturated rings. The molecule has 0 amide bonds. The highest BCUT2D eigenvalue weighted by Gasteiger charge is 2.29. The van der Waals surface area contributed by atoms with Crippen molar-refractivity contribution in [2.45, 2.75) is 58.4 Å². The summed E-state index contributed by atoms with van der Waals surface area (Å²) >= 11 is 0. The van der Waals surface area contributed by atoms with Crippen molar-refractivity contribution >= 4 is 5.97 Å². The molecule has 3 nitrogen and oxygen atoms in total. The van der Waals surface area contributed by atoms with Gasteiger partial charge < -0.3 is 10.4 Å². The van der Waals surface area contributed by atoms with Crippen molar-refractivity contribution < 1.29 is 9.90 Å². The Morgan fingerprint density at radius 2 is 1.71 bits per heavy atom. The summed E-state index contributed by atoms with van der Waals surface area (Å²) in [6.07, 6.45) is 4.19. The van der Waals surface area contributed by atoms with E-state index in [9.17, 15) is 4.79 Å². The molecule has 0 aromatic heterocycles. The van der Waals surface area contributed by atoms with E-state index >= 15 is 0 Å². The van der Waals surface area contributed by atoms with Crippen LogP contribution in [0.15, 0.2) is 0 Å². The fraction of sp³-hybridized carbons (Fsp3) is 0.909. The van der Waals surface area contributed by atoms with Crippen LogP contribution in [0.5, 0.6) is 0 Å². The summed E-state index contributed by atoms with van der Waals surface area (Å²) in [6, 6.07) is 0. The van der Waals surface area contributed by atoms with Crippen LogP contribution in [0, 0.1) is 0 Å². The lowest BCUT2D eigenvalue weighted by Crippen LogP contribution is -2.46. The van der Waals surface area contributed by atoms with Crippen LogP contribution in [-0.2, 0) is 4.79 Å². The third-order valence-electron chi connectivity index (χ3n) is 2.50. The third kappa shape index (κ3) is 4.61. The van der Waals surface area contributed by atoms with Gasteiger partial charge >= 0.3 is 5.97 Å². The second-order valence-electron chi connectivity index (χ2n) is 3.88. The molecule has 0 unspecified atom stereocenters. The van der Waals surface area contributed by atoms with Crippen molar-refractivity contribution in [1.82, 2.24) is 5.32 Å². The number of nitrogens with one attached hydrogen (secondary N) is 1. The van der Waals surface area contributed by atoms with Crippen LogP contribution in [0.1, 0.15) is 52.9 Å². The standard InChI is InChI=1S/C11H23NO2/c1-4-7-11(8-5-2,12-6-3)9-10(13)14/h12H,4-9H2,1-3H3,(H,13,14). The van der Waals surface area contributed by atoms with E-state index in [1.54, 1.807) is 0 Å². The molecular formula is C11H23NO2. The second-order valence-corrected chi connectivity index (χ2v) is 3.88. The number of aliphatic carboxylic acids is 1. The van der Waals surface area contributed by atoms with Crippen molar-refractivity contribution in [2.24, 2.45) is 0 Å². The smallest absolute Gasteiger partial charge is 0.305 e. The monoisotopic (exact) mass is 201 g/mol. The Labute approximate surface area is 86.9 Å². The zero-order chi connectivity index (χ0) is 11.0. The maximum Gasteiger partial charge on any atom is 0.305 e. The Morgan fingerprint density at radius 1 is 1.21 bits per heavy atom. The summed E-state index contributed by atoms with van der Waals surface area (Å²) < 4.78 is 0. The van der Waals surface area contributed by atoms with Gasteiger partial charge in [0.1, 0.15) is 0 Å². The van der Waals surface area contributed by atoms with Crippen molar-refractivity contribution in [2.75, 3.05) is 6.54 Å². The quantitative estimate of drug-likeness (QED) is 0.634. The largest absolute Gasteiger partial charge is 0.481 e. The number of rotatable bonds is 8. The van der Waals surface area contributed by atoms with Gasteiger partial charge in [0.25, 0.3) is 0 Å². The zero-order valence-corrected chi connectivity index (χ0v) is 9.60. The maximum absolute atomic E-state index is 10.8. The Balaban J connectivity index is 4.45. The van der Waals surface area contributed by atoms with Gasteiger partial charge in [-0.2, -0.15) is 0 Å². The molecular weight excluding hydrogens is 178 g/mol. The summed E-state index contributed by atoms with van der Waals surface area (Å²) in [4.78, 5) is 10.8. The lowest BCUT2D eigenvalue weighted by atomic mass is 9.85. The average Bonchev–Trinajstić information content (AvgIpc) is 2.03. The molecule has 0 saturated carbocycles. The van der Waals surface area contributed by atoms with Gasteiger partial charge in [-0.15, -0.1) is 0 Å². The van der Waals surface area contributed by atoms with Crippen LogP contribution in [0.4, 0.5) is 0 Å². The summed E-state index contributed by atoms with van der Waals surface area (Å²) in [6.45, 7) is 7.07. The minimum Gasteiger partial charge on any atom is -0.481 e. The third-order valence-corrected chi connectivity index (χ3v) is 2.50. The molecule has 3 heteroatoms. The van der Waals surface area contributed by atoms with E-state index in [1.807, 2.05) is 6.92 Å². The molecule has 84 valence electrons. The van der Waals surface area contributed by atoms with Gasteiger partial charge in [-0.25, -0.2) is 0 Å². The van der Waals surface area contributed by atoms with Crippen molar-refractivity contribution in [3.05, 3.63) is 0 Å². The summed E-state index contributed by atoms with van der Waals surface area (Å²) in [7, 11) is 0. The van der Waals surface area contributed by atoms with Gasteiger partial charge in [-0.3, -0.25) is 4.79 Å². The summed E-state index contributed by atoms with van der Waals surface area (Å²) in [5, 5.41) is 12.2. The van der Waals surface area contributed by atoms with Crippen molar-refractivity contribution in [1.29, 1.82) is 0 Å². The molecule has 0 rings (SSSR count). The van der Waals surface area contributed by atoms with E-state index in [4.69, 9.17) is 5.11 Å². The van der Waals surface area contributed by atoms with Gasteiger partial charge in [0.05, 0.1) is 6.42 Å². The number of hydrogen-bond acceptors (Lipinski definition) is 2. The highest BCUT2D eigenvalue weighted by atomic mass is 16.4. The Bertz CT molecular complexity index is 152. The van der Waals surface area contributed by atoms with Crippen LogP contribution >= 0.6 is 0 Å². The van der Waals surface area contributed by atoms with Crippen LogP contribution in [0.25, 0.3) is 0 Å². The molecule has 0 aliphatic heterocycles. The Morgan fingerprint density at radius 3 is 2.00 bits per heavy atom. The van der Waals surface area contributed by atoms with Crippen molar-refractivity contribution in [3.8, 4) is 0 Å². The molecule has 0 aliphatic rings. The predicted molar refractivity (Wildman–Crippen MR) is 58.5 cm³/mol. The molecule has 0 atom stereocenters. The van der Waals surface area contributed by atoms with Crippen LogP contribution < -0.4 is 5.32 Å². The molecule has 0 heterocycles. The first kappa shape index (κ1) is 13.4. The molecule has 0 spiro atoms. The van der Waals surface area contributed by atoms with Gasteiger partial charge in [0.2, 0.25) is 0 Å². The molecule has 0 saturated heterocycles. The number of carbonyl (C=O) groups is 1. The molecule has 0 bridgehead atoms. The van der Waals surface area contributed by atoms with Gasteiger partial charge in [-0.1, -0.05) is 33.6 Å². The van der Waals surface area contributed by atoms with Crippen LogP contribution in [-0.4, -0.2) is 23.2 Å². The highest BCUT2D eigenvalue weighted by molar-refractivity contribution is 5.68. The second kappa shape index (κ2) is 6.82. The predicted octanol–water partition coefficient (Wildman–Crippen LogP) is 2.41. The van der Waals surface area contributed by atoms with E-state index < -0.39 is 5.97 Å². The van der Waals surface area contributed by atoms with Gasteiger partial charge in [0.15, 0.2) is 0 Å². The highest BCUT2D eigenvalue weighted by Crippen LogP contribution is 2.23. The summed E-state index contributed by atoms with van der Waals surface area (Å²) in [5.41, 5.74) is -0.177. The van der Waals surface area contributed by atoms with Gasteiger partial charge in [0, 0.05) is 5.54 Å². The molecule has 0 aromatic rings. The maximum atomic E-state index is 10.8. The van der Waals surface area contributed by atoms with E-state index in [-0.39, 0.29) is 12.0 Å². The van der Waals surface area contributed by atoms with E-state index in [0.717, 1.165) is 32.2 Å². The minimum absolute atomic E-state index is 0.177. The first-order valence-corrected chi connectivity index (χ1v) is 5.57. The average molecular weight is 201 g/mol. The van der Waals surface area contributed by atoms with Gasteiger partial charge in [-0.05, 0) is 19.4 Å². The van der Waals surface area contributed by atoms with Crippen LogP contribution in [0.3, 0.4) is 0 Å². The van der Waals surface area contributed by atoms with Crippen LogP contribution in [0.2, 0.25) is 0 Å². The summed E-state index contributed by atoms with van der Waals surface area (Å²) in [5.74, 6) is -0.701. The first-order valence-electron chi connectivity index (χ1n) is 5.57. The Hall–Kier alpha value is -0.570. The lowest BCUT2D eigenvalue weighted by molar-refractivity contribution is -0.139. The van der Waals surface area contributed by atoms with E-state index in [0.29, 0.717) is 0 Å². The molecule has 0 aliphatic carbocycles. The first-order chi connectivity index (χ1) is 6.60. The fourth-order valence-corrected chi connectivity index (χ4v) is 2.16. The number of carboxylic acid groups (broad SMARTS) is 1. The Kier molecular flexibility index (Phi) is 6.54. The lowest BCUT2D eigenvalue weighted by Gasteiger charge is -2.33. The molecule has 0 radical (unpaired) electrons. The number of carboxylic acids is 1. The fourth-order valence-electron chi connectivity index (χ4n) is 2.16. The van der Waals surface area contributed by atoms with E-state index in [1.165, 1.54) is 0 Å².